The Morgan fingerprint density at radius 1 is 1.53 bits per heavy atom. The lowest BCUT2D eigenvalue weighted by molar-refractivity contribution is -0.150. The van der Waals surface area contributed by atoms with Crippen molar-refractivity contribution in [2.45, 2.75) is 33.1 Å². The lowest BCUT2D eigenvalue weighted by atomic mass is 9.67. The molecule has 0 bridgehead atoms. The number of ether oxygens (including phenoxy) is 1. The minimum absolute atomic E-state index is 0.0332. The van der Waals surface area contributed by atoms with Crippen LogP contribution in [0.2, 0.25) is 0 Å². The average Bonchev–Trinajstić information content (AvgIpc) is 2.14. The molecule has 0 radical (unpaired) electrons. The largest absolute Gasteiger partial charge is 0.478 e. The van der Waals surface area contributed by atoms with Crippen molar-refractivity contribution in [2.24, 2.45) is 11.3 Å². The third-order valence-electron chi connectivity index (χ3n) is 3.50. The number of rotatable bonds is 6. The van der Waals surface area contributed by atoms with E-state index in [9.17, 15) is 4.79 Å². The smallest absolute Gasteiger partial charge is 0.331 e. The van der Waals surface area contributed by atoms with Crippen LogP contribution in [0.1, 0.15) is 33.1 Å². The Morgan fingerprint density at radius 3 is 2.40 bits per heavy atom. The summed E-state index contributed by atoms with van der Waals surface area (Å²) in [6.07, 6.45) is 2.84. The number of carboxylic acids is 1. The molecule has 1 fully saturated rings. The second kappa shape index (κ2) is 4.79. The quantitative estimate of drug-likeness (QED) is 0.688. The fourth-order valence-electron chi connectivity index (χ4n) is 2.30. The monoisotopic (exact) mass is 212 g/mol. The van der Waals surface area contributed by atoms with Gasteiger partial charge in [-0.25, -0.2) is 4.79 Å². The Morgan fingerprint density at radius 2 is 2.13 bits per heavy atom. The number of aliphatic carboxylic acids is 1. The molecule has 0 aromatic heterocycles. The molecule has 15 heavy (non-hydrogen) atoms. The van der Waals surface area contributed by atoms with E-state index in [1.54, 1.807) is 0 Å². The zero-order chi connectivity index (χ0) is 11.5. The van der Waals surface area contributed by atoms with Crippen molar-refractivity contribution in [1.29, 1.82) is 0 Å². The Kier molecular flexibility index (Phi) is 3.91. The minimum atomic E-state index is -0.867. The summed E-state index contributed by atoms with van der Waals surface area (Å²) in [5, 5.41) is 9.02. The van der Waals surface area contributed by atoms with Gasteiger partial charge in [-0.3, -0.25) is 0 Å². The number of carbonyl (C=O) groups is 1. The van der Waals surface area contributed by atoms with Crippen LogP contribution in [0.3, 0.4) is 0 Å². The maximum absolute atomic E-state index is 11.0. The third kappa shape index (κ3) is 2.23. The number of hydrogen-bond acceptors (Lipinski definition) is 2. The van der Waals surface area contributed by atoms with Crippen LogP contribution < -0.4 is 0 Å². The SMILES string of the molecule is C=C(C(=O)O)C(CCC)C1(CC)COC1. The van der Waals surface area contributed by atoms with E-state index in [4.69, 9.17) is 9.84 Å². The summed E-state index contributed by atoms with van der Waals surface area (Å²) < 4.78 is 5.25. The zero-order valence-corrected chi connectivity index (χ0v) is 9.58. The van der Waals surface area contributed by atoms with Crippen LogP contribution in [0.4, 0.5) is 0 Å². The van der Waals surface area contributed by atoms with Gasteiger partial charge in [-0.05, 0) is 12.8 Å². The van der Waals surface area contributed by atoms with Crippen molar-refractivity contribution in [3.8, 4) is 0 Å². The van der Waals surface area contributed by atoms with E-state index in [2.05, 4.69) is 20.4 Å². The summed E-state index contributed by atoms with van der Waals surface area (Å²) in [6.45, 7) is 9.25. The molecule has 0 aromatic rings. The summed E-state index contributed by atoms with van der Waals surface area (Å²) in [6, 6.07) is 0. The van der Waals surface area contributed by atoms with Gasteiger partial charge in [0.15, 0.2) is 0 Å². The van der Waals surface area contributed by atoms with Crippen LogP contribution in [0.25, 0.3) is 0 Å². The molecule has 0 aromatic carbocycles. The predicted molar refractivity (Wildman–Crippen MR) is 58.7 cm³/mol. The molecular weight excluding hydrogens is 192 g/mol. The standard InChI is InChI=1S/C12H20O3/c1-4-6-10(9(3)11(13)14)12(5-2)7-15-8-12/h10H,3-8H2,1-2H3,(H,13,14). The third-order valence-corrected chi connectivity index (χ3v) is 3.50. The lowest BCUT2D eigenvalue weighted by Crippen LogP contribution is -2.49. The molecule has 3 heteroatoms. The second-order valence-corrected chi connectivity index (χ2v) is 4.38. The van der Waals surface area contributed by atoms with Gasteiger partial charge in [-0.15, -0.1) is 0 Å². The first kappa shape index (κ1) is 12.2. The Balaban J connectivity index is 2.81. The molecular formula is C12H20O3. The van der Waals surface area contributed by atoms with E-state index in [0.29, 0.717) is 18.8 Å². The van der Waals surface area contributed by atoms with Crippen molar-refractivity contribution < 1.29 is 14.6 Å². The summed E-state index contributed by atoms with van der Waals surface area (Å²) >= 11 is 0. The van der Waals surface area contributed by atoms with Crippen molar-refractivity contribution in [1.82, 2.24) is 0 Å². The molecule has 0 amide bonds. The lowest BCUT2D eigenvalue weighted by Gasteiger charge is -2.47. The van der Waals surface area contributed by atoms with Crippen LogP contribution in [0.15, 0.2) is 12.2 Å². The van der Waals surface area contributed by atoms with E-state index < -0.39 is 5.97 Å². The van der Waals surface area contributed by atoms with Gasteiger partial charge in [0.2, 0.25) is 0 Å². The first-order valence-corrected chi connectivity index (χ1v) is 5.57. The summed E-state index contributed by atoms with van der Waals surface area (Å²) in [4.78, 5) is 11.0. The van der Waals surface area contributed by atoms with Gasteiger partial charge in [0.25, 0.3) is 0 Å². The molecule has 1 unspecified atom stereocenters. The molecule has 1 aliphatic heterocycles. The first-order valence-electron chi connectivity index (χ1n) is 5.57. The maximum Gasteiger partial charge on any atom is 0.331 e. The predicted octanol–water partition coefficient (Wildman–Crippen LogP) is 2.47. The molecule has 0 spiro atoms. The van der Waals surface area contributed by atoms with Crippen molar-refractivity contribution in [3.05, 3.63) is 12.2 Å². The highest BCUT2D eigenvalue weighted by atomic mass is 16.5. The highest BCUT2D eigenvalue weighted by molar-refractivity contribution is 5.86. The van der Waals surface area contributed by atoms with Gasteiger partial charge in [0.1, 0.15) is 0 Å². The normalized spacial score (nSPS) is 20.4. The summed E-state index contributed by atoms with van der Waals surface area (Å²) in [7, 11) is 0. The van der Waals surface area contributed by atoms with Crippen LogP contribution in [0, 0.1) is 11.3 Å². The van der Waals surface area contributed by atoms with Crippen LogP contribution >= 0.6 is 0 Å². The molecule has 1 aliphatic rings. The van der Waals surface area contributed by atoms with E-state index in [1.165, 1.54) is 0 Å². The van der Waals surface area contributed by atoms with Crippen molar-refractivity contribution >= 4 is 5.97 Å². The van der Waals surface area contributed by atoms with Gasteiger partial charge in [-0.1, -0.05) is 26.8 Å². The molecule has 0 aliphatic carbocycles. The molecule has 0 saturated carbocycles. The van der Waals surface area contributed by atoms with Gasteiger partial charge in [0.05, 0.1) is 13.2 Å². The van der Waals surface area contributed by atoms with E-state index in [0.717, 1.165) is 19.3 Å². The second-order valence-electron chi connectivity index (χ2n) is 4.38. The molecule has 1 atom stereocenters. The number of carboxylic acid groups (broad SMARTS) is 1. The molecule has 1 heterocycles. The first-order chi connectivity index (χ1) is 7.07. The highest BCUT2D eigenvalue weighted by Crippen LogP contribution is 2.44. The van der Waals surface area contributed by atoms with Gasteiger partial charge in [0, 0.05) is 16.9 Å². The van der Waals surface area contributed by atoms with Crippen molar-refractivity contribution in [3.63, 3.8) is 0 Å². The molecule has 1 saturated heterocycles. The summed E-state index contributed by atoms with van der Waals surface area (Å²) in [5.74, 6) is -0.799. The van der Waals surface area contributed by atoms with Crippen LogP contribution in [0.5, 0.6) is 0 Å². The average molecular weight is 212 g/mol. The maximum atomic E-state index is 11.0. The summed E-state index contributed by atoms with van der Waals surface area (Å²) in [5.41, 5.74) is 0.382. The van der Waals surface area contributed by atoms with Gasteiger partial charge < -0.3 is 9.84 Å². The number of hydrogen-bond donors (Lipinski definition) is 1. The van der Waals surface area contributed by atoms with Gasteiger partial charge in [-0.2, -0.15) is 0 Å². The van der Waals surface area contributed by atoms with Crippen LogP contribution in [-0.2, 0) is 9.53 Å². The van der Waals surface area contributed by atoms with Gasteiger partial charge >= 0.3 is 5.97 Å². The topological polar surface area (TPSA) is 46.5 Å². The Labute approximate surface area is 91.1 Å². The molecule has 86 valence electrons. The minimum Gasteiger partial charge on any atom is -0.478 e. The Hall–Kier alpha value is -0.830. The van der Waals surface area contributed by atoms with Crippen LogP contribution in [-0.4, -0.2) is 24.3 Å². The molecule has 1 N–H and O–H groups in total. The van der Waals surface area contributed by atoms with E-state index in [-0.39, 0.29) is 11.3 Å². The van der Waals surface area contributed by atoms with E-state index in [1.807, 2.05) is 0 Å². The molecule has 3 nitrogen and oxygen atoms in total. The van der Waals surface area contributed by atoms with E-state index >= 15 is 0 Å². The highest BCUT2D eigenvalue weighted by Gasteiger charge is 2.45. The zero-order valence-electron chi connectivity index (χ0n) is 9.58. The molecule has 1 rings (SSSR count). The Bertz CT molecular complexity index is 248. The fraction of sp³-hybridized carbons (Fsp3) is 0.750. The van der Waals surface area contributed by atoms with Crippen molar-refractivity contribution in [2.75, 3.05) is 13.2 Å². The fourth-order valence-corrected chi connectivity index (χ4v) is 2.30.